The second-order valence-electron chi connectivity index (χ2n) is 5.50. The SMILES string of the molecule is Cn1cc(N2CCC(NCCc3ccccc3F)C2=O)cn1. The van der Waals surface area contributed by atoms with Gasteiger partial charge in [0.15, 0.2) is 0 Å². The third-order valence-electron chi connectivity index (χ3n) is 3.95. The predicted molar refractivity (Wildman–Crippen MR) is 82.1 cm³/mol. The zero-order chi connectivity index (χ0) is 15.5. The molecule has 22 heavy (non-hydrogen) atoms. The summed E-state index contributed by atoms with van der Waals surface area (Å²) in [5.41, 5.74) is 1.50. The summed E-state index contributed by atoms with van der Waals surface area (Å²) < 4.78 is 15.2. The average molecular weight is 302 g/mol. The van der Waals surface area contributed by atoms with Gasteiger partial charge in [0.2, 0.25) is 5.91 Å². The number of hydrogen-bond acceptors (Lipinski definition) is 3. The van der Waals surface area contributed by atoms with Crippen LogP contribution in [0.5, 0.6) is 0 Å². The highest BCUT2D eigenvalue weighted by Crippen LogP contribution is 2.20. The number of halogens is 1. The zero-order valence-corrected chi connectivity index (χ0v) is 12.5. The Morgan fingerprint density at radius 2 is 2.23 bits per heavy atom. The van der Waals surface area contributed by atoms with Gasteiger partial charge in [0.25, 0.3) is 0 Å². The molecule has 1 fully saturated rings. The van der Waals surface area contributed by atoms with Crippen molar-refractivity contribution in [2.75, 3.05) is 18.0 Å². The Morgan fingerprint density at radius 1 is 1.41 bits per heavy atom. The van der Waals surface area contributed by atoms with Gasteiger partial charge in [-0.15, -0.1) is 0 Å². The number of anilines is 1. The summed E-state index contributed by atoms with van der Waals surface area (Å²) in [6, 6.07) is 6.53. The van der Waals surface area contributed by atoms with Crippen molar-refractivity contribution >= 4 is 11.6 Å². The molecule has 0 bridgehead atoms. The summed E-state index contributed by atoms with van der Waals surface area (Å²) in [4.78, 5) is 14.1. The molecule has 0 radical (unpaired) electrons. The molecule has 116 valence electrons. The van der Waals surface area contributed by atoms with Crippen molar-refractivity contribution in [2.24, 2.45) is 7.05 Å². The number of aromatic nitrogens is 2. The fraction of sp³-hybridized carbons (Fsp3) is 0.375. The molecule has 5 nitrogen and oxygen atoms in total. The molecule has 0 saturated carbocycles. The quantitative estimate of drug-likeness (QED) is 0.910. The second-order valence-corrected chi connectivity index (χ2v) is 5.50. The molecule has 1 atom stereocenters. The van der Waals surface area contributed by atoms with Crippen LogP contribution in [0.1, 0.15) is 12.0 Å². The summed E-state index contributed by atoms with van der Waals surface area (Å²) in [6.45, 7) is 1.26. The summed E-state index contributed by atoms with van der Waals surface area (Å²) in [5.74, 6) is -0.138. The van der Waals surface area contributed by atoms with Crippen LogP contribution in [0.25, 0.3) is 0 Å². The standard InChI is InChI=1S/C16H19FN4O/c1-20-11-13(10-19-20)21-9-7-15(16(21)22)18-8-6-12-4-2-3-5-14(12)17/h2-5,10-11,15,18H,6-9H2,1H3. The van der Waals surface area contributed by atoms with E-state index in [1.807, 2.05) is 19.3 Å². The van der Waals surface area contributed by atoms with Crippen molar-refractivity contribution in [3.8, 4) is 0 Å². The highest BCUT2D eigenvalue weighted by Gasteiger charge is 2.32. The molecular formula is C16H19FN4O. The number of carbonyl (C=O) groups excluding carboxylic acids is 1. The molecule has 0 aliphatic carbocycles. The third kappa shape index (κ3) is 3.01. The normalized spacial score (nSPS) is 18.2. The van der Waals surface area contributed by atoms with E-state index < -0.39 is 0 Å². The van der Waals surface area contributed by atoms with E-state index >= 15 is 0 Å². The molecule has 1 saturated heterocycles. The molecule has 1 aromatic heterocycles. The number of rotatable bonds is 5. The lowest BCUT2D eigenvalue weighted by Crippen LogP contribution is -2.39. The number of nitrogens with zero attached hydrogens (tertiary/aromatic N) is 3. The molecule has 0 spiro atoms. The van der Waals surface area contributed by atoms with E-state index in [1.54, 1.807) is 27.9 Å². The Bertz CT molecular complexity index is 670. The molecule has 2 heterocycles. The van der Waals surface area contributed by atoms with Crippen LogP contribution < -0.4 is 10.2 Å². The smallest absolute Gasteiger partial charge is 0.244 e. The van der Waals surface area contributed by atoms with Crippen molar-refractivity contribution in [3.05, 3.63) is 48.0 Å². The summed E-state index contributed by atoms with van der Waals surface area (Å²) in [6.07, 6.45) is 4.85. The number of amides is 1. The van der Waals surface area contributed by atoms with Crippen molar-refractivity contribution in [1.82, 2.24) is 15.1 Å². The van der Waals surface area contributed by atoms with Gasteiger partial charge < -0.3 is 10.2 Å². The topological polar surface area (TPSA) is 50.2 Å². The van der Waals surface area contributed by atoms with Crippen LogP contribution in [0.3, 0.4) is 0 Å². The molecule has 1 unspecified atom stereocenters. The maximum absolute atomic E-state index is 13.5. The van der Waals surface area contributed by atoms with Gasteiger partial charge in [-0.05, 0) is 24.5 Å². The van der Waals surface area contributed by atoms with Gasteiger partial charge in [-0.1, -0.05) is 18.2 Å². The molecule has 1 aliphatic heterocycles. The lowest BCUT2D eigenvalue weighted by atomic mass is 10.1. The van der Waals surface area contributed by atoms with Gasteiger partial charge in [-0.25, -0.2) is 4.39 Å². The van der Waals surface area contributed by atoms with Gasteiger partial charge in [0.05, 0.1) is 17.9 Å². The van der Waals surface area contributed by atoms with Gasteiger partial charge in [-0.3, -0.25) is 9.48 Å². The minimum Gasteiger partial charge on any atom is -0.308 e. The number of nitrogens with one attached hydrogen (secondary N) is 1. The number of benzene rings is 1. The fourth-order valence-corrected chi connectivity index (χ4v) is 2.76. The average Bonchev–Trinajstić information content (AvgIpc) is 3.08. The molecular weight excluding hydrogens is 283 g/mol. The molecule has 1 aliphatic rings. The van der Waals surface area contributed by atoms with Crippen LogP contribution in [0.15, 0.2) is 36.7 Å². The summed E-state index contributed by atoms with van der Waals surface area (Å²) in [7, 11) is 1.83. The Labute approximate surface area is 128 Å². The maximum atomic E-state index is 13.5. The van der Waals surface area contributed by atoms with E-state index in [0.29, 0.717) is 25.1 Å². The Balaban J connectivity index is 1.54. The predicted octanol–water partition coefficient (Wildman–Crippen LogP) is 1.50. The van der Waals surface area contributed by atoms with Crippen molar-refractivity contribution in [3.63, 3.8) is 0 Å². The number of hydrogen-bond donors (Lipinski definition) is 1. The molecule has 1 amide bonds. The monoisotopic (exact) mass is 302 g/mol. The first-order valence-corrected chi connectivity index (χ1v) is 7.42. The van der Waals surface area contributed by atoms with Gasteiger partial charge in [0, 0.05) is 26.3 Å². The third-order valence-corrected chi connectivity index (χ3v) is 3.95. The van der Waals surface area contributed by atoms with Crippen LogP contribution in [-0.2, 0) is 18.3 Å². The minimum absolute atomic E-state index is 0.0570. The fourth-order valence-electron chi connectivity index (χ4n) is 2.76. The highest BCUT2D eigenvalue weighted by atomic mass is 19.1. The molecule has 2 aromatic rings. The first kappa shape index (κ1) is 14.7. The Kier molecular flexibility index (Phi) is 4.20. The van der Waals surface area contributed by atoms with Crippen LogP contribution in [0.4, 0.5) is 10.1 Å². The molecule has 1 aromatic carbocycles. The number of aryl methyl sites for hydroxylation is 1. The van der Waals surface area contributed by atoms with E-state index in [0.717, 1.165) is 12.1 Å². The Hall–Kier alpha value is -2.21. The first-order valence-electron chi connectivity index (χ1n) is 7.42. The van der Waals surface area contributed by atoms with E-state index in [9.17, 15) is 9.18 Å². The first-order chi connectivity index (χ1) is 10.6. The minimum atomic E-state index is -0.202. The molecule has 6 heteroatoms. The van der Waals surface area contributed by atoms with Crippen molar-refractivity contribution in [1.29, 1.82) is 0 Å². The van der Waals surface area contributed by atoms with Crippen molar-refractivity contribution in [2.45, 2.75) is 18.9 Å². The van der Waals surface area contributed by atoms with Crippen LogP contribution in [-0.4, -0.2) is 34.8 Å². The van der Waals surface area contributed by atoms with E-state index in [4.69, 9.17) is 0 Å². The largest absolute Gasteiger partial charge is 0.308 e. The maximum Gasteiger partial charge on any atom is 0.244 e. The number of carbonyl (C=O) groups is 1. The van der Waals surface area contributed by atoms with Crippen LogP contribution >= 0.6 is 0 Å². The van der Waals surface area contributed by atoms with Gasteiger partial charge >= 0.3 is 0 Å². The Morgan fingerprint density at radius 3 is 2.95 bits per heavy atom. The van der Waals surface area contributed by atoms with E-state index in [-0.39, 0.29) is 17.8 Å². The highest BCUT2D eigenvalue weighted by molar-refractivity contribution is 5.99. The van der Waals surface area contributed by atoms with Gasteiger partial charge in [0.1, 0.15) is 5.82 Å². The van der Waals surface area contributed by atoms with Crippen LogP contribution in [0.2, 0.25) is 0 Å². The van der Waals surface area contributed by atoms with Gasteiger partial charge in [-0.2, -0.15) is 5.10 Å². The van der Waals surface area contributed by atoms with E-state index in [1.165, 1.54) is 6.07 Å². The van der Waals surface area contributed by atoms with E-state index in [2.05, 4.69) is 10.4 Å². The molecule has 1 N–H and O–H groups in total. The van der Waals surface area contributed by atoms with Crippen molar-refractivity contribution < 1.29 is 9.18 Å². The lowest BCUT2D eigenvalue weighted by Gasteiger charge is -2.15. The lowest BCUT2D eigenvalue weighted by molar-refractivity contribution is -0.118. The summed E-state index contributed by atoms with van der Waals surface area (Å²) in [5, 5.41) is 7.32. The summed E-state index contributed by atoms with van der Waals surface area (Å²) >= 11 is 0. The second kappa shape index (κ2) is 6.27. The van der Waals surface area contributed by atoms with Crippen LogP contribution in [0, 0.1) is 5.82 Å². The molecule has 3 rings (SSSR count). The zero-order valence-electron chi connectivity index (χ0n) is 12.5.